The standard InChI is InChI=1S/C14H12ClNO3S/c1-2-8-7-10(14(18)19)13(20-8)16-12(17)9-5-3-4-6-11(9)15/h3-7H,2H2,1H3,(H,16,17)(H,18,19)/p-1. The van der Waals surface area contributed by atoms with Crippen LogP contribution in [0.2, 0.25) is 5.02 Å². The van der Waals surface area contributed by atoms with Gasteiger partial charge in [0.05, 0.1) is 16.6 Å². The summed E-state index contributed by atoms with van der Waals surface area (Å²) in [7, 11) is 0. The van der Waals surface area contributed by atoms with Crippen molar-refractivity contribution in [2.75, 3.05) is 5.32 Å². The van der Waals surface area contributed by atoms with Crippen LogP contribution in [0.15, 0.2) is 30.3 Å². The van der Waals surface area contributed by atoms with E-state index in [9.17, 15) is 14.7 Å². The number of thiophene rings is 1. The Bertz CT molecular complexity index is 666. The van der Waals surface area contributed by atoms with Gasteiger partial charge in [-0.25, -0.2) is 0 Å². The molecule has 0 saturated carbocycles. The number of carboxylic acids is 1. The van der Waals surface area contributed by atoms with Crippen molar-refractivity contribution in [1.29, 1.82) is 0 Å². The van der Waals surface area contributed by atoms with Gasteiger partial charge in [0.2, 0.25) is 0 Å². The lowest BCUT2D eigenvalue weighted by molar-refractivity contribution is -0.254. The van der Waals surface area contributed by atoms with Gasteiger partial charge in [-0.05, 0) is 24.6 Å². The largest absolute Gasteiger partial charge is 0.545 e. The fourth-order valence-electron chi connectivity index (χ4n) is 1.68. The molecule has 0 bridgehead atoms. The van der Waals surface area contributed by atoms with Crippen molar-refractivity contribution in [3.05, 3.63) is 51.4 Å². The molecule has 1 N–H and O–H groups in total. The van der Waals surface area contributed by atoms with Gasteiger partial charge in [0, 0.05) is 10.4 Å². The number of aromatic carboxylic acids is 1. The van der Waals surface area contributed by atoms with Crippen LogP contribution in [0, 0.1) is 0 Å². The topological polar surface area (TPSA) is 69.2 Å². The number of carbonyl (C=O) groups excluding carboxylic acids is 2. The summed E-state index contributed by atoms with van der Waals surface area (Å²) < 4.78 is 0. The highest BCUT2D eigenvalue weighted by Crippen LogP contribution is 2.29. The number of hydrogen-bond donors (Lipinski definition) is 1. The molecule has 0 unspecified atom stereocenters. The quantitative estimate of drug-likeness (QED) is 0.943. The van der Waals surface area contributed by atoms with Gasteiger partial charge in [0.15, 0.2) is 0 Å². The van der Waals surface area contributed by atoms with Gasteiger partial charge in [0.25, 0.3) is 5.91 Å². The van der Waals surface area contributed by atoms with Crippen molar-refractivity contribution in [3.63, 3.8) is 0 Å². The number of amides is 1. The van der Waals surface area contributed by atoms with E-state index >= 15 is 0 Å². The van der Waals surface area contributed by atoms with Crippen molar-refractivity contribution >= 4 is 39.8 Å². The van der Waals surface area contributed by atoms with Gasteiger partial charge in [-0.1, -0.05) is 30.7 Å². The molecular formula is C14H11ClNO3S-. The van der Waals surface area contributed by atoms with Gasteiger partial charge >= 0.3 is 0 Å². The minimum Gasteiger partial charge on any atom is -0.545 e. The maximum atomic E-state index is 12.1. The van der Waals surface area contributed by atoms with Gasteiger partial charge in [-0.15, -0.1) is 11.3 Å². The third-order valence-corrected chi connectivity index (χ3v) is 4.22. The highest BCUT2D eigenvalue weighted by molar-refractivity contribution is 7.16. The van der Waals surface area contributed by atoms with Crippen LogP contribution in [0.5, 0.6) is 0 Å². The molecule has 1 amide bonds. The van der Waals surface area contributed by atoms with Gasteiger partial charge < -0.3 is 15.2 Å². The molecule has 2 rings (SSSR count). The van der Waals surface area contributed by atoms with E-state index in [1.54, 1.807) is 24.3 Å². The monoisotopic (exact) mass is 308 g/mol. The number of anilines is 1. The summed E-state index contributed by atoms with van der Waals surface area (Å²) in [6.45, 7) is 1.91. The second-order valence-electron chi connectivity index (χ2n) is 4.03. The first kappa shape index (κ1) is 14.6. The maximum absolute atomic E-state index is 12.1. The summed E-state index contributed by atoms with van der Waals surface area (Å²) in [4.78, 5) is 24.0. The summed E-state index contributed by atoms with van der Waals surface area (Å²) >= 11 is 7.15. The smallest absolute Gasteiger partial charge is 0.257 e. The zero-order valence-corrected chi connectivity index (χ0v) is 12.2. The Morgan fingerprint density at radius 3 is 2.60 bits per heavy atom. The molecule has 0 atom stereocenters. The molecule has 1 aromatic carbocycles. The van der Waals surface area contributed by atoms with Crippen LogP contribution in [0.4, 0.5) is 5.00 Å². The molecule has 1 aromatic heterocycles. The molecule has 20 heavy (non-hydrogen) atoms. The van der Waals surface area contributed by atoms with E-state index in [1.807, 2.05) is 6.92 Å². The summed E-state index contributed by atoms with van der Waals surface area (Å²) in [5.74, 6) is -1.75. The Morgan fingerprint density at radius 2 is 2.00 bits per heavy atom. The molecule has 6 heteroatoms. The van der Waals surface area contributed by atoms with E-state index in [-0.39, 0.29) is 10.6 Å². The fourth-order valence-corrected chi connectivity index (χ4v) is 2.88. The first-order chi connectivity index (χ1) is 9.52. The van der Waals surface area contributed by atoms with Crippen LogP contribution >= 0.6 is 22.9 Å². The molecule has 0 aliphatic carbocycles. The molecule has 0 radical (unpaired) electrons. The van der Waals surface area contributed by atoms with Crippen LogP contribution in [0.25, 0.3) is 0 Å². The zero-order valence-electron chi connectivity index (χ0n) is 10.6. The third-order valence-electron chi connectivity index (χ3n) is 2.70. The number of carboxylic acid groups (broad SMARTS) is 1. The highest BCUT2D eigenvalue weighted by Gasteiger charge is 2.15. The summed E-state index contributed by atoms with van der Waals surface area (Å²) in [6.07, 6.45) is 0.687. The fraction of sp³-hybridized carbons (Fsp3) is 0.143. The van der Waals surface area contributed by atoms with Crippen molar-refractivity contribution in [2.45, 2.75) is 13.3 Å². The normalized spacial score (nSPS) is 10.3. The molecule has 0 fully saturated rings. The van der Waals surface area contributed by atoms with Crippen LogP contribution < -0.4 is 10.4 Å². The Labute approximate surface area is 125 Å². The number of halogens is 1. The molecule has 0 spiro atoms. The Hall–Kier alpha value is -1.85. The van der Waals surface area contributed by atoms with E-state index in [0.29, 0.717) is 17.0 Å². The molecule has 0 aliphatic rings. The molecule has 0 aliphatic heterocycles. The lowest BCUT2D eigenvalue weighted by Crippen LogP contribution is -2.23. The van der Waals surface area contributed by atoms with E-state index < -0.39 is 11.9 Å². The van der Waals surface area contributed by atoms with Crippen molar-refractivity contribution in [1.82, 2.24) is 0 Å². The lowest BCUT2D eigenvalue weighted by Gasteiger charge is -2.07. The van der Waals surface area contributed by atoms with E-state index in [2.05, 4.69) is 5.32 Å². The number of carbonyl (C=O) groups is 2. The van der Waals surface area contributed by atoms with Crippen LogP contribution in [-0.2, 0) is 6.42 Å². The number of nitrogens with one attached hydrogen (secondary N) is 1. The molecule has 4 nitrogen and oxygen atoms in total. The van der Waals surface area contributed by atoms with E-state index in [4.69, 9.17) is 11.6 Å². The number of hydrogen-bond acceptors (Lipinski definition) is 4. The molecule has 0 saturated heterocycles. The van der Waals surface area contributed by atoms with Crippen molar-refractivity contribution in [3.8, 4) is 0 Å². The van der Waals surface area contributed by atoms with Gasteiger partial charge in [0.1, 0.15) is 5.00 Å². The van der Waals surface area contributed by atoms with E-state index in [0.717, 1.165) is 4.88 Å². The Kier molecular flexibility index (Phi) is 4.42. The average Bonchev–Trinajstić information content (AvgIpc) is 2.82. The second-order valence-corrected chi connectivity index (χ2v) is 5.57. The summed E-state index contributed by atoms with van der Waals surface area (Å²) in [5.41, 5.74) is 0.289. The van der Waals surface area contributed by atoms with Crippen LogP contribution in [0.1, 0.15) is 32.5 Å². The van der Waals surface area contributed by atoms with Crippen molar-refractivity contribution < 1.29 is 14.7 Å². The third kappa shape index (κ3) is 3.00. The SMILES string of the molecule is CCc1cc(C(=O)[O-])c(NC(=O)c2ccccc2Cl)s1. The number of rotatable bonds is 4. The Morgan fingerprint density at radius 1 is 1.30 bits per heavy atom. The summed E-state index contributed by atoms with van der Waals surface area (Å²) in [6, 6.07) is 8.09. The summed E-state index contributed by atoms with van der Waals surface area (Å²) in [5, 5.41) is 14.2. The number of aryl methyl sites for hydroxylation is 1. The molecular weight excluding hydrogens is 298 g/mol. The molecule has 2 aromatic rings. The first-order valence-corrected chi connectivity index (χ1v) is 7.12. The Balaban J connectivity index is 2.30. The second kappa shape index (κ2) is 6.07. The molecule has 104 valence electrons. The first-order valence-electron chi connectivity index (χ1n) is 5.92. The van der Waals surface area contributed by atoms with Crippen LogP contribution in [0.3, 0.4) is 0 Å². The van der Waals surface area contributed by atoms with E-state index in [1.165, 1.54) is 17.4 Å². The molecule has 1 heterocycles. The maximum Gasteiger partial charge on any atom is 0.257 e. The van der Waals surface area contributed by atoms with Gasteiger partial charge in [-0.3, -0.25) is 4.79 Å². The highest BCUT2D eigenvalue weighted by atomic mass is 35.5. The van der Waals surface area contributed by atoms with Gasteiger partial charge in [-0.2, -0.15) is 0 Å². The predicted molar refractivity (Wildman–Crippen MR) is 77.4 cm³/mol. The number of benzene rings is 1. The average molecular weight is 309 g/mol. The zero-order chi connectivity index (χ0) is 14.7. The minimum absolute atomic E-state index is 0.00717. The minimum atomic E-state index is -1.31. The van der Waals surface area contributed by atoms with Crippen molar-refractivity contribution in [2.24, 2.45) is 0 Å². The van der Waals surface area contributed by atoms with Crippen LogP contribution in [-0.4, -0.2) is 11.9 Å². The lowest BCUT2D eigenvalue weighted by atomic mass is 10.2. The predicted octanol–water partition coefficient (Wildman–Crippen LogP) is 2.58.